The Morgan fingerprint density at radius 2 is 1.67 bits per heavy atom. The number of hydrogen-bond donors (Lipinski definition) is 0. The first-order chi connectivity index (χ1) is 5.97. The molecule has 0 atom stereocenters. The van der Waals surface area contributed by atoms with E-state index in [0.717, 1.165) is 0 Å². The molecule has 3 rings (SSSR count). The maximum atomic E-state index is 3.01. The van der Waals surface area contributed by atoms with Crippen LogP contribution in [0.2, 0.25) is 0 Å². The van der Waals surface area contributed by atoms with Crippen molar-refractivity contribution < 1.29 is 0 Å². The molecule has 0 amide bonds. The van der Waals surface area contributed by atoms with Crippen LogP contribution < -0.4 is 0 Å². The van der Waals surface area contributed by atoms with E-state index in [0.29, 0.717) is 0 Å². The van der Waals surface area contributed by atoms with Crippen molar-refractivity contribution in [2.75, 3.05) is 0 Å². The molecule has 0 saturated heterocycles. The minimum Gasteiger partial charge on any atom is -0.0622 e. The number of benzene rings is 2. The first-order valence-electron chi connectivity index (χ1n) is 3.90. The average molecular weight is 152 g/mol. The number of hydrogen-bond acceptors (Lipinski definition) is 0. The van der Waals surface area contributed by atoms with E-state index >= 15 is 0 Å². The summed E-state index contributed by atoms with van der Waals surface area (Å²) in [5.74, 6) is 0. The fourth-order valence-corrected chi connectivity index (χ4v) is 0.940. The van der Waals surface area contributed by atoms with Crippen LogP contribution in [0.1, 0.15) is 0 Å². The van der Waals surface area contributed by atoms with E-state index in [1.165, 1.54) is 11.1 Å². The second-order valence-electron chi connectivity index (χ2n) is 2.57. The van der Waals surface area contributed by atoms with Gasteiger partial charge in [-0.05, 0) is 29.3 Å². The minimum absolute atomic E-state index is 1.30. The fraction of sp³-hybridized carbons (Fsp3) is 0. The lowest BCUT2D eigenvalue weighted by molar-refractivity contribution is 1.53. The van der Waals surface area contributed by atoms with E-state index in [1.54, 1.807) is 0 Å². The van der Waals surface area contributed by atoms with Gasteiger partial charge in [0.05, 0.1) is 0 Å². The van der Waals surface area contributed by atoms with Crippen molar-refractivity contribution in [3.8, 4) is 11.1 Å². The van der Waals surface area contributed by atoms with Crippen LogP contribution in [-0.4, -0.2) is 0 Å². The molecule has 0 N–H and O–H groups in total. The van der Waals surface area contributed by atoms with Gasteiger partial charge in [0.2, 0.25) is 0 Å². The lowest BCUT2D eigenvalue weighted by Gasteiger charge is -2.09. The van der Waals surface area contributed by atoms with Gasteiger partial charge < -0.3 is 0 Å². The van der Waals surface area contributed by atoms with Gasteiger partial charge in [-0.25, -0.2) is 0 Å². The predicted molar refractivity (Wildman–Crippen MR) is 49.6 cm³/mol. The molecule has 0 spiro atoms. The third kappa shape index (κ3) is 1.37. The lowest BCUT2D eigenvalue weighted by Crippen LogP contribution is -1.86. The van der Waals surface area contributed by atoms with Gasteiger partial charge in [0.25, 0.3) is 0 Å². The first kappa shape index (κ1) is 7.11. The van der Waals surface area contributed by atoms with Crippen LogP contribution in [0.4, 0.5) is 0 Å². The van der Waals surface area contributed by atoms with Crippen LogP contribution in [0.3, 0.4) is 0 Å². The predicted octanol–water partition coefficient (Wildman–Crippen LogP) is 2.95. The van der Waals surface area contributed by atoms with Gasteiger partial charge in [0.1, 0.15) is 0 Å². The van der Waals surface area contributed by atoms with Gasteiger partial charge in [0, 0.05) is 0 Å². The largest absolute Gasteiger partial charge is 0.0622 e. The molecule has 2 radical (unpaired) electrons. The molecule has 0 saturated carbocycles. The highest BCUT2D eigenvalue weighted by Gasteiger charge is 2.04. The highest BCUT2D eigenvalue weighted by Crippen LogP contribution is 2.28. The van der Waals surface area contributed by atoms with Crippen LogP contribution in [0, 0.1) is 12.1 Å². The van der Waals surface area contributed by atoms with Crippen molar-refractivity contribution in [2.45, 2.75) is 0 Å². The lowest BCUT2D eigenvalue weighted by atomic mass is 9.95. The fourth-order valence-electron chi connectivity index (χ4n) is 0.940. The topological polar surface area (TPSA) is 0 Å². The highest BCUT2D eigenvalue weighted by molar-refractivity contribution is 5.74. The SMILES string of the molecule is [c]1cc2ccc1-2.[c]1ccccc1. The molecule has 1 aromatic carbocycles. The summed E-state index contributed by atoms with van der Waals surface area (Å²) in [7, 11) is 0. The molecule has 0 heteroatoms. The molecular weight excluding hydrogens is 144 g/mol. The van der Waals surface area contributed by atoms with Crippen LogP contribution in [-0.2, 0) is 0 Å². The Morgan fingerprint density at radius 3 is 1.75 bits per heavy atom. The van der Waals surface area contributed by atoms with Crippen molar-refractivity contribution in [1.82, 2.24) is 0 Å². The van der Waals surface area contributed by atoms with Crippen molar-refractivity contribution >= 4 is 0 Å². The van der Waals surface area contributed by atoms with Gasteiger partial charge in [-0.3, -0.25) is 0 Å². The van der Waals surface area contributed by atoms with Crippen molar-refractivity contribution in [3.05, 3.63) is 60.7 Å². The Bertz CT molecular complexity index is 282. The number of fused-ring (bicyclic) bond motifs is 1. The summed E-state index contributed by atoms with van der Waals surface area (Å²) < 4.78 is 0. The summed E-state index contributed by atoms with van der Waals surface area (Å²) in [4.78, 5) is 0. The third-order valence-electron chi connectivity index (χ3n) is 1.73. The van der Waals surface area contributed by atoms with Gasteiger partial charge in [-0.1, -0.05) is 42.5 Å². The summed E-state index contributed by atoms with van der Waals surface area (Å²) in [6.07, 6.45) is 0. The van der Waals surface area contributed by atoms with E-state index in [-0.39, 0.29) is 0 Å². The molecule has 0 bridgehead atoms. The highest BCUT2D eigenvalue weighted by atomic mass is 14.1. The molecule has 2 aliphatic carbocycles. The van der Waals surface area contributed by atoms with Gasteiger partial charge >= 0.3 is 0 Å². The summed E-state index contributed by atoms with van der Waals surface area (Å²) in [6.45, 7) is 0. The van der Waals surface area contributed by atoms with E-state index in [9.17, 15) is 0 Å². The molecule has 0 aliphatic heterocycles. The van der Waals surface area contributed by atoms with Crippen LogP contribution in [0.25, 0.3) is 11.1 Å². The van der Waals surface area contributed by atoms with E-state index in [4.69, 9.17) is 0 Å². The van der Waals surface area contributed by atoms with Gasteiger partial charge in [-0.15, -0.1) is 0 Å². The second kappa shape index (κ2) is 3.22. The summed E-state index contributed by atoms with van der Waals surface area (Å²) in [5.41, 5.74) is 2.67. The van der Waals surface area contributed by atoms with E-state index < -0.39 is 0 Å². The van der Waals surface area contributed by atoms with Gasteiger partial charge in [0.15, 0.2) is 0 Å². The maximum absolute atomic E-state index is 3.01. The normalized spacial score (nSPS) is 9.67. The minimum atomic E-state index is 1.30. The zero-order valence-electron chi connectivity index (χ0n) is 6.62. The Hall–Kier alpha value is -1.56. The smallest absolute Gasteiger partial charge is 0.00928 e. The molecule has 0 unspecified atom stereocenters. The Labute approximate surface area is 72.5 Å². The van der Waals surface area contributed by atoms with Crippen LogP contribution in [0.5, 0.6) is 0 Å². The maximum Gasteiger partial charge on any atom is -0.00928 e. The van der Waals surface area contributed by atoms with Crippen molar-refractivity contribution in [3.63, 3.8) is 0 Å². The molecule has 0 fully saturated rings. The molecule has 0 aromatic heterocycles. The van der Waals surface area contributed by atoms with Crippen molar-refractivity contribution in [1.29, 1.82) is 0 Å². The molecule has 2 aliphatic rings. The Balaban J connectivity index is 0.0000000939. The summed E-state index contributed by atoms with van der Waals surface area (Å²) >= 11 is 0. The first-order valence-corrected chi connectivity index (χ1v) is 3.90. The quantitative estimate of drug-likeness (QED) is 0.464. The molecular formula is C12H8. The average Bonchev–Trinajstić information content (AvgIpc) is 2.15. The molecule has 0 heterocycles. The zero-order valence-corrected chi connectivity index (χ0v) is 6.62. The molecule has 1 aromatic rings. The monoisotopic (exact) mass is 152 g/mol. The molecule has 56 valence electrons. The Morgan fingerprint density at radius 1 is 0.917 bits per heavy atom. The number of rotatable bonds is 0. The van der Waals surface area contributed by atoms with Gasteiger partial charge in [-0.2, -0.15) is 0 Å². The molecule has 0 nitrogen and oxygen atoms in total. The third-order valence-corrected chi connectivity index (χ3v) is 1.73. The Kier molecular flexibility index (Phi) is 1.91. The second-order valence-corrected chi connectivity index (χ2v) is 2.57. The van der Waals surface area contributed by atoms with E-state index in [1.807, 2.05) is 36.4 Å². The van der Waals surface area contributed by atoms with E-state index in [2.05, 4.69) is 24.3 Å². The van der Waals surface area contributed by atoms with Crippen LogP contribution >= 0.6 is 0 Å². The van der Waals surface area contributed by atoms with Crippen LogP contribution in [0.15, 0.2) is 48.5 Å². The molecule has 12 heavy (non-hydrogen) atoms. The summed E-state index contributed by atoms with van der Waals surface area (Å²) in [5, 5.41) is 0. The van der Waals surface area contributed by atoms with Crippen molar-refractivity contribution in [2.24, 2.45) is 0 Å². The standard InChI is InChI=1S/C6H3.C6H5/c1-2-6-4-3-5(1)6;1-2-4-6-5-3-1/h1-3H;1-5H. The zero-order chi connectivity index (χ0) is 8.23. The summed E-state index contributed by atoms with van der Waals surface area (Å²) in [6, 6.07) is 21.7.